The molecule has 2 aromatic carbocycles. The van der Waals surface area contributed by atoms with E-state index >= 15 is 0 Å². The maximum Gasteiger partial charge on any atom is 0.257 e. The molecule has 0 saturated carbocycles. The van der Waals surface area contributed by atoms with Gasteiger partial charge in [0.25, 0.3) is 5.91 Å². The third-order valence-electron chi connectivity index (χ3n) is 3.91. The normalized spacial score (nSPS) is 10.2. The second-order valence-electron chi connectivity index (χ2n) is 5.87. The molecule has 6 heteroatoms. The first-order valence-corrected chi connectivity index (χ1v) is 9.19. The van der Waals surface area contributed by atoms with Crippen LogP contribution in [0.25, 0.3) is 0 Å². The fourth-order valence-corrected chi connectivity index (χ4v) is 2.64. The molecule has 0 unspecified atom stereocenters. The SMILES string of the molecule is CCOc1ccccc1NC(=O)c1ccc(Nc2ccccc2OCC)nc1. The summed E-state index contributed by atoms with van der Waals surface area (Å²) in [6, 6.07) is 18.4. The largest absolute Gasteiger partial charge is 0.492 e. The number of benzene rings is 2. The molecule has 0 atom stereocenters. The van der Waals surface area contributed by atoms with E-state index in [1.165, 1.54) is 6.20 Å². The molecule has 0 aliphatic heterocycles. The third-order valence-corrected chi connectivity index (χ3v) is 3.91. The highest BCUT2D eigenvalue weighted by molar-refractivity contribution is 6.04. The van der Waals surface area contributed by atoms with Gasteiger partial charge in [-0.3, -0.25) is 4.79 Å². The van der Waals surface area contributed by atoms with Crippen molar-refractivity contribution < 1.29 is 14.3 Å². The minimum absolute atomic E-state index is 0.249. The lowest BCUT2D eigenvalue weighted by atomic mass is 10.2. The molecular formula is C22H23N3O3. The van der Waals surface area contributed by atoms with E-state index in [0.29, 0.717) is 36.0 Å². The van der Waals surface area contributed by atoms with Crippen LogP contribution in [-0.2, 0) is 0 Å². The van der Waals surface area contributed by atoms with E-state index in [1.807, 2.05) is 56.3 Å². The number of nitrogens with zero attached hydrogens (tertiary/aromatic N) is 1. The molecule has 3 aromatic rings. The van der Waals surface area contributed by atoms with Gasteiger partial charge in [-0.2, -0.15) is 0 Å². The van der Waals surface area contributed by atoms with Gasteiger partial charge in [-0.15, -0.1) is 0 Å². The van der Waals surface area contributed by atoms with Gasteiger partial charge in [-0.1, -0.05) is 24.3 Å². The van der Waals surface area contributed by atoms with Gasteiger partial charge >= 0.3 is 0 Å². The number of hydrogen-bond acceptors (Lipinski definition) is 5. The van der Waals surface area contributed by atoms with E-state index in [4.69, 9.17) is 9.47 Å². The number of amides is 1. The smallest absolute Gasteiger partial charge is 0.257 e. The molecule has 1 amide bonds. The molecule has 0 fully saturated rings. The van der Waals surface area contributed by atoms with Crippen LogP contribution < -0.4 is 20.1 Å². The second-order valence-corrected chi connectivity index (χ2v) is 5.87. The number of pyridine rings is 1. The Hall–Kier alpha value is -3.54. The Labute approximate surface area is 164 Å². The monoisotopic (exact) mass is 377 g/mol. The van der Waals surface area contributed by atoms with Crippen molar-refractivity contribution in [3.05, 3.63) is 72.4 Å². The minimum atomic E-state index is -0.249. The highest BCUT2D eigenvalue weighted by Gasteiger charge is 2.11. The van der Waals surface area contributed by atoms with E-state index in [-0.39, 0.29) is 5.91 Å². The predicted molar refractivity (Wildman–Crippen MR) is 111 cm³/mol. The number of carbonyl (C=O) groups excluding carboxylic acids is 1. The first-order chi connectivity index (χ1) is 13.7. The van der Waals surface area contributed by atoms with E-state index in [1.54, 1.807) is 18.2 Å². The van der Waals surface area contributed by atoms with E-state index < -0.39 is 0 Å². The summed E-state index contributed by atoms with van der Waals surface area (Å²) in [6.07, 6.45) is 1.53. The fraction of sp³-hybridized carbons (Fsp3) is 0.182. The van der Waals surface area contributed by atoms with Crippen LogP contribution >= 0.6 is 0 Å². The fourth-order valence-electron chi connectivity index (χ4n) is 2.64. The number of aromatic nitrogens is 1. The molecule has 28 heavy (non-hydrogen) atoms. The lowest BCUT2D eigenvalue weighted by Crippen LogP contribution is -2.13. The first kappa shape index (κ1) is 19.2. The molecule has 0 aliphatic rings. The average molecular weight is 377 g/mol. The van der Waals surface area contributed by atoms with Gasteiger partial charge < -0.3 is 20.1 Å². The standard InChI is InChI=1S/C22H23N3O3/c1-3-27-19-11-7-5-9-17(19)24-21-14-13-16(15-23-21)22(26)25-18-10-6-8-12-20(18)28-4-2/h5-15H,3-4H2,1-2H3,(H,23,24)(H,25,26). The zero-order chi connectivity index (χ0) is 19.8. The van der Waals surface area contributed by atoms with Crippen molar-refractivity contribution in [3.63, 3.8) is 0 Å². The molecule has 6 nitrogen and oxygen atoms in total. The van der Waals surface area contributed by atoms with Crippen LogP contribution in [0.5, 0.6) is 11.5 Å². The number of carbonyl (C=O) groups is 1. The second kappa shape index (κ2) is 9.41. The van der Waals surface area contributed by atoms with Crippen LogP contribution in [-0.4, -0.2) is 24.1 Å². The van der Waals surface area contributed by atoms with Crippen molar-refractivity contribution in [2.24, 2.45) is 0 Å². The van der Waals surface area contributed by atoms with Gasteiger partial charge in [-0.25, -0.2) is 4.98 Å². The molecule has 0 saturated heterocycles. The van der Waals surface area contributed by atoms with Crippen LogP contribution in [0, 0.1) is 0 Å². The van der Waals surface area contributed by atoms with Crippen molar-refractivity contribution >= 4 is 23.1 Å². The Balaban J connectivity index is 1.70. The van der Waals surface area contributed by atoms with Crippen molar-refractivity contribution in [1.82, 2.24) is 4.98 Å². The lowest BCUT2D eigenvalue weighted by Gasteiger charge is -2.12. The molecule has 1 heterocycles. The van der Waals surface area contributed by atoms with Gasteiger partial charge in [0, 0.05) is 6.20 Å². The average Bonchev–Trinajstić information content (AvgIpc) is 2.72. The van der Waals surface area contributed by atoms with Gasteiger partial charge in [0.15, 0.2) is 0 Å². The van der Waals surface area contributed by atoms with Crippen LogP contribution in [0.2, 0.25) is 0 Å². The molecule has 0 spiro atoms. The highest BCUT2D eigenvalue weighted by atomic mass is 16.5. The van der Waals surface area contributed by atoms with E-state index in [2.05, 4.69) is 15.6 Å². The number of para-hydroxylation sites is 4. The lowest BCUT2D eigenvalue weighted by molar-refractivity contribution is 0.102. The van der Waals surface area contributed by atoms with Gasteiger partial charge in [0.05, 0.1) is 30.2 Å². The van der Waals surface area contributed by atoms with Gasteiger partial charge in [0.2, 0.25) is 0 Å². The number of anilines is 3. The summed E-state index contributed by atoms with van der Waals surface area (Å²) in [4.78, 5) is 16.9. The number of nitrogens with one attached hydrogen (secondary N) is 2. The van der Waals surface area contributed by atoms with Gasteiger partial charge in [0.1, 0.15) is 17.3 Å². The number of hydrogen-bond donors (Lipinski definition) is 2. The van der Waals surface area contributed by atoms with Crippen molar-refractivity contribution in [1.29, 1.82) is 0 Å². The first-order valence-electron chi connectivity index (χ1n) is 9.19. The minimum Gasteiger partial charge on any atom is -0.492 e. The summed E-state index contributed by atoms with van der Waals surface area (Å²) in [6.45, 7) is 4.94. The molecule has 0 bridgehead atoms. The summed E-state index contributed by atoms with van der Waals surface area (Å²) in [5.41, 5.74) is 1.90. The zero-order valence-electron chi connectivity index (χ0n) is 15.9. The van der Waals surface area contributed by atoms with Crippen molar-refractivity contribution in [2.75, 3.05) is 23.8 Å². The van der Waals surface area contributed by atoms with E-state index in [0.717, 1.165) is 11.4 Å². The maximum atomic E-state index is 12.5. The Morgan fingerprint density at radius 2 is 1.46 bits per heavy atom. The topological polar surface area (TPSA) is 72.5 Å². The molecule has 0 aliphatic carbocycles. The Bertz CT molecular complexity index is 926. The van der Waals surface area contributed by atoms with Crippen molar-refractivity contribution in [2.45, 2.75) is 13.8 Å². The molecule has 3 rings (SSSR count). The zero-order valence-corrected chi connectivity index (χ0v) is 15.9. The molecular weight excluding hydrogens is 354 g/mol. The molecule has 1 aromatic heterocycles. The van der Waals surface area contributed by atoms with Crippen LogP contribution in [0.4, 0.5) is 17.2 Å². The Morgan fingerprint density at radius 3 is 2.07 bits per heavy atom. The highest BCUT2D eigenvalue weighted by Crippen LogP contribution is 2.27. The third kappa shape index (κ3) is 4.79. The van der Waals surface area contributed by atoms with Crippen LogP contribution in [0.15, 0.2) is 66.9 Å². The summed E-state index contributed by atoms with van der Waals surface area (Å²) < 4.78 is 11.1. The summed E-state index contributed by atoms with van der Waals surface area (Å²) in [7, 11) is 0. The quantitative estimate of drug-likeness (QED) is 0.586. The summed E-state index contributed by atoms with van der Waals surface area (Å²) >= 11 is 0. The Kier molecular flexibility index (Phi) is 6.46. The maximum absolute atomic E-state index is 12.5. The molecule has 0 radical (unpaired) electrons. The van der Waals surface area contributed by atoms with Crippen LogP contribution in [0.1, 0.15) is 24.2 Å². The number of rotatable bonds is 8. The summed E-state index contributed by atoms with van der Waals surface area (Å²) in [5, 5.41) is 6.07. The Morgan fingerprint density at radius 1 is 0.857 bits per heavy atom. The van der Waals surface area contributed by atoms with Crippen molar-refractivity contribution in [3.8, 4) is 11.5 Å². The van der Waals surface area contributed by atoms with Gasteiger partial charge in [-0.05, 0) is 50.2 Å². The predicted octanol–water partition coefficient (Wildman–Crippen LogP) is 4.87. The molecule has 144 valence electrons. The molecule has 2 N–H and O–H groups in total. The summed E-state index contributed by atoms with van der Waals surface area (Å²) in [5.74, 6) is 1.76. The van der Waals surface area contributed by atoms with Crippen LogP contribution in [0.3, 0.4) is 0 Å². The number of ether oxygens (including phenoxy) is 2. The van der Waals surface area contributed by atoms with E-state index in [9.17, 15) is 4.79 Å².